The molecule has 0 N–H and O–H groups in total. The molecule has 47 heavy (non-hydrogen) atoms. The van der Waals surface area contributed by atoms with Gasteiger partial charge in [0.05, 0.1) is 10.6 Å². The van der Waals surface area contributed by atoms with Gasteiger partial charge in [0.2, 0.25) is 0 Å². The fraction of sp³-hybridized carbons (Fsp3) is 0.325. The van der Waals surface area contributed by atoms with E-state index in [9.17, 15) is 13.2 Å². The normalized spacial score (nSPS) is 21.7. The second-order valence-electron chi connectivity index (χ2n) is 13.5. The maximum Gasteiger partial charge on any atom is 0.343 e. The van der Waals surface area contributed by atoms with E-state index in [0.29, 0.717) is 19.3 Å². The van der Waals surface area contributed by atoms with Gasteiger partial charge in [-0.2, -0.15) is 0 Å². The van der Waals surface area contributed by atoms with Crippen molar-refractivity contribution in [3.8, 4) is 0 Å². The van der Waals surface area contributed by atoms with Crippen LogP contribution in [0.3, 0.4) is 0 Å². The molecular formula is C40H43O5PS. The van der Waals surface area contributed by atoms with Crippen LogP contribution in [-0.2, 0) is 24.2 Å². The Balaban J connectivity index is 1.57. The van der Waals surface area contributed by atoms with E-state index in [2.05, 4.69) is 13.8 Å². The second-order valence-corrected chi connectivity index (χ2v) is 18.8. The topological polar surface area (TPSA) is 77.5 Å². The van der Waals surface area contributed by atoms with E-state index in [-0.39, 0.29) is 39.5 Å². The number of hydrogen-bond acceptors (Lipinski definition) is 5. The Morgan fingerprint density at radius 3 is 1.68 bits per heavy atom. The maximum absolute atomic E-state index is 15.0. The van der Waals surface area contributed by atoms with E-state index in [0.717, 1.165) is 22.3 Å². The van der Waals surface area contributed by atoms with Crippen molar-refractivity contribution in [2.45, 2.75) is 63.9 Å². The fourth-order valence-corrected chi connectivity index (χ4v) is 14.8. The first-order chi connectivity index (χ1) is 22.6. The fourth-order valence-electron chi connectivity index (χ4n) is 8.31. The Morgan fingerprint density at radius 1 is 0.766 bits per heavy atom. The Kier molecular flexibility index (Phi) is 9.21. The summed E-state index contributed by atoms with van der Waals surface area (Å²) >= 11 is 0. The molecule has 2 saturated carbocycles. The van der Waals surface area contributed by atoms with E-state index in [1.54, 1.807) is 30.3 Å². The monoisotopic (exact) mass is 666 g/mol. The number of Topliss-reactive ketones (excluding diaryl/α,β-unsaturated/α-hetero) is 1. The van der Waals surface area contributed by atoms with Crippen LogP contribution in [0.25, 0.3) is 0 Å². The number of ether oxygens (including phenoxy) is 1. The minimum atomic E-state index is -3.69. The lowest BCUT2D eigenvalue weighted by Crippen LogP contribution is -2.48. The minimum absolute atomic E-state index is 0.111. The van der Waals surface area contributed by atoms with E-state index >= 15 is 4.79 Å². The Labute approximate surface area is 279 Å². The summed E-state index contributed by atoms with van der Waals surface area (Å²) in [6.07, 6.45) is 2.23. The van der Waals surface area contributed by atoms with Crippen LogP contribution in [0.15, 0.2) is 126 Å². The van der Waals surface area contributed by atoms with Crippen LogP contribution in [0.2, 0.25) is 0 Å². The van der Waals surface area contributed by atoms with Gasteiger partial charge in [0.25, 0.3) is 0 Å². The van der Waals surface area contributed by atoms with Gasteiger partial charge in [0, 0.05) is 11.8 Å². The van der Waals surface area contributed by atoms with Gasteiger partial charge in [-0.15, -0.1) is 0 Å². The molecule has 0 aromatic heterocycles. The van der Waals surface area contributed by atoms with Gasteiger partial charge >= 0.3 is 5.97 Å². The lowest BCUT2D eigenvalue weighted by molar-refractivity contribution is -0.148. The molecule has 244 valence electrons. The van der Waals surface area contributed by atoms with Crippen LogP contribution >= 0.6 is 6.89 Å². The third-order valence-electron chi connectivity index (χ3n) is 10.9. The Hall–Kier alpha value is -3.73. The first-order valence-electron chi connectivity index (χ1n) is 16.5. The zero-order valence-corrected chi connectivity index (χ0v) is 29.1. The van der Waals surface area contributed by atoms with Gasteiger partial charge in [0.1, 0.15) is 11.4 Å². The molecule has 0 saturated heterocycles. The van der Waals surface area contributed by atoms with Gasteiger partial charge in [-0.3, -0.25) is 4.79 Å². The highest BCUT2D eigenvalue weighted by atomic mass is 32.2. The molecule has 0 amide bonds. The van der Waals surface area contributed by atoms with Gasteiger partial charge in [-0.1, -0.05) is 130 Å². The number of esters is 1. The molecule has 5 nitrogen and oxygen atoms in total. The summed E-state index contributed by atoms with van der Waals surface area (Å²) in [5, 5.41) is 2.85. The zero-order valence-electron chi connectivity index (χ0n) is 27.3. The third-order valence-corrected chi connectivity index (χ3v) is 17.1. The first-order valence-corrected chi connectivity index (χ1v) is 20.0. The molecule has 2 bridgehead atoms. The number of sulfone groups is 1. The molecule has 4 aromatic carbocycles. The zero-order chi connectivity index (χ0) is 33.3. The predicted molar refractivity (Wildman–Crippen MR) is 192 cm³/mol. The van der Waals surface area contributed by atoms with E-state index in [1.807, 2.05) is 97.9 Å². The average Bonchev–Trinajstić information content (AvgIpc) is 3.44. The number of hydrogen-bond donors (Lipinski definition) is 0. The molecule has 3 atom stereocenters. The third kappa shape index (κ3) is 5.64. The van der Waals surface area contributed by atoms with Crippen molar-refractivity contribution in [3.63, 3.8) is 0 Å². The standard InChI is InChI=1S/C40H43O5PS/c1-4-17-35(41)37(46(31-18-9-5-10-19-31,32-20-11-6-12-21-32)33-22-13-7-14-23-33)38(42)45-36-28-30-26-27-40(36,39(30,2)3)29-47(43,44)34-24-15-8-16-25-34/h5-16,18-25,30,36H,4,17,26-29H2,1-3H3/t30-,36-,40-/m1/s1. The smallest absolute Gasteiger partial charge is 0.343 e. The summed E-state index contributed by atoms with van der Waals surface area (Å²) in [5.41, 5.74) is -1.16. The van der Waals surface area contributed by atoms with E-state index in [1.165, 1.54) is 0 Å². The number of benzene rings is 4. The molecule has 6 rings (SSSR count). The summed E-state index contributed by atoms with van der Waals surface area (Å²) in [6, 6.07) is 38.1. The highest BCUT2D eigenvalue weighted by Gasteiger charge is 2.67. The van der Waals surface area contributed by atoms with Crippen molar-refractivity contribution in [2.75, 3.05) is 5.75 Å². The Bertz CT molecular complexity index is 1800. The molecule has 0 unspecified atom stereocenters. The molecule has 4 aromatic rings. The van der Waals surface area contributed by atoms with Crippen molar-refractivity contribution in [1.82, 2.24) is 0 Å². The molecule has 2 aliphatic rings. The number of ketones is 1. The summed E-state index contributed by atoms with van der Waals surface area (Å²) < 4.78 is 34.5. The van der Waals surface area contributed by atoms with Crippen LogP contribution in [-0.4, -0.2) is 37.3 Å². The number of carbonyl (C=O) groups excluding carboxylic acids is 2. The van der Waals surface area contributed by atoms with Gasteiger partial charge < -0.3 is 4.74 Å². The summed E-state index contributed by atoms with van der Waals surface area (Å²) in [4.78, 5) is 29.8. The van der Waals surface area contributed by atoms with Gasteiger partial charge in [0.15, 0.2) is 15.6 Å². The average molecular weight is 667 g/mol. The predicted octanol–water partition coefficient (Wildman–Crippen LogP) is 6.73. The van der Waals surface area contributed by atoms with Crippen molar-refractivity contribution in [1.29, 1.82) is 0 Å². The highest BCUT2D eigenvalue weighted by Crippen LogP contribution is 2.67. The quantitative estimate of drug-likeness (QED) is 0.101. The summed E-state index contributed by atoms with van der Waals surface area (Å²) in [6.45, 7) is 3.15. The molecule has 0 heterocycles. The van der Waals surface area contributed by atoms with Crippen LogP contribution < -0.4 is 15.9 Å². The Morgan fingerprint density at radius 2 is 1.23 bits per heavy atom. The van der Waals surface area contributed by atoms with Crippen LogP contribution in [0.1, 0.15) is 52.9 Å². The molecule has 0 radical (unpaired) electrons. The van der Waals surface area contributed by atoms with E-state index < -0.39 is 34.2 Å². The first kappa shape index (κ1) is 33.2. The van der Waals surface area contributed by atoms with Crippen molar-refractivity contribution < 1.29 is 22.7 Å². The van der Waals surface area contributed by atoms with Crippen molar-refractivity contribution >= 4 is 49.7 Å². The van der Waals surface area contributed by atoms with Crippen molar-refractivity contribution in [3.05, 3.63) is 121 Å². The second kappa shape index (κ2) is 13.1. The SMILES string of the molecule is CCCC(=O)C(C(=O)O[C@@H]1C[C@H]2CC[C@]1(CS(=O)(=O)c1ccccc1)C2(C)C)=P(c1ccccc1)(c1ccccc1)c1ccccc1. The van der Waals surface area contributed by atoms with Crippen LogP contribution in [0.5, 0.6) is 0 Å². The largest absolute Gasteiger partial charge is 0.458 e. The molecule has 0 spiro atoms. The molecule has 2 fully saturated rings. The molecule has 2 aliphatic carbocycles. The lowest BCUT2D eigenvalue weighted by atomic mass is 9.69. The summed E-state index contributed by atoms with van der Waals surface area (Å²) in [5.74, 6) is -0.757. The highest BCUT2D eigenvalue weighted by molar-refractivity contribution is 7.97. The van der Waals surface area contributed by atoms with Crippen LogP contribution in [0, 0.1) is 16.7 Å². The maximum atomic E-state index is 15.0. The molecule has 0 aliphatic heterocycles. The number of rotatable bonds is 11. The van der Waals surface area contributed by atoms with Gasteiger partial charge in [-0.05, 0) is 71.9 Å². The lowest BCUT2D eigenvalue weighted by Gasteiger charge is -2.42. The van der Waals surface area contributed by atoms with Gasteiger partial charge in [-0.25, -0.2) is 13.2 Å². The molecular weight excluding hydrogens is 623 g/mol. The van der Waals surface area contributed by atoms with Crippen molar-refractivity contribution in [2.24, 2.45) is 16.7 Å². The van der Waals surface area contributed by atoms with Crippen LogP contribution in [0.4, 0.5) is 0 Å². The molecule has 7 heteroatoms. The minimum Gasteiger partial charge on any atom is -0.458 e. The summed E-state index contributed by atoms with van der Waals surface area (Å²) in [7, 11) is -3.69. The number of carbonyl (C=O) groups is 2. The van der Waals surface area contributed by atoms with E-state index in [4.69, 9.17) is 4.74 Å². The number of fused-ring (bicyclic) bond motifs is 2.